The smallest absolute Gasteiger partial charge is 0.253 e. The molecule has 1 aromatic carbocycles. The molecule has 110 valence electrons. The second kappa shape index (κ2) is 5.95. The van der Waals surface area contributed by atoms with Crippen LogP contribution >= 0.6 is 0 Å². The summed E-state index contributed by atoms with van der Waals surface area (Å²) in [6, 6.07) is 6.95. The Morgan fingerprint density at radius 1 is 1.40 bits per heavy atom. The lowest BCUT2D eigenvalue weighted by Crippen LogP contribution is -2.39. The van der Waals surface area contributed by atoms with Gasteiger partial charge in [0, 0.05) is 24.9 Å². The third-order valence-electron chi connectivity index (χ3n) is 3.55. The Morgan fingerprint density at radius 3 is 2.80 bits per heavy atom. The minimum absolute atomic E-state index is 0.00639. The Kier molecular flexibility index (Phi) is 4.48. The van der Waals surface area contributed by atoms with Crippen molar-refractivity contribution in [3.05, 3.63) is 35.4 Å². The lowest BCUT2D eigenvalue weighted by Gasteiger charge is -2.31. The monoisotopic (exact) mass is 295 g/mol. The molecule has 1 aromatic rings. The highest BCUT2D eigenvalue weighted by Crippen LogP contribution is 2.18. The molecule has 0 saturated carbocycles. The quantitative estimate of drug-likeness (QED) is 0.858. The Labute approximate surface area is 120 Å². The molecule has 1 fully saturated rings. The molecule has 0 spiro atoms. The zero-order valence-corrected chi connectivity index (χ0v) is 12.8. The van der Waals surface area contributed by atoms with E-state index in [0.717, 1.165) is 25.9 Å². The third kappa shape index (κ3) is 4.07. The first kappa shape index (κ1) is 15.0. The summed E-state index contributed by atoms with van der Waals surface area (Å²) in [5, 5.41) is 0. The van der Waals surface area contributed by atoms with Crippen LogP contribution in [0.5, 0.6) is 0 Å². The first-order chi connectivity index (χ1) is 9.35. The second-order valence-corrected chi connectivity index (χ2v) is 7.91. The van der Waals surface area contributed by atoms with Gasteiger partial charge in [-0.2, -0.15) is 0 Å². The number of amides is 1. The molecule has 0 aromatic heterocycles. The largest absolute Gasteiger partial charge is 0.338 e. The van der Waals surface area contributed by atoms with Crippen LogP contribution in [0.25, 0.3) is 0 Å². The lowest BCUT2D eigenvalue weighted by atomic mass is 9.99. The fourth-order valence-corrected chi connectivity index (χ4v) is 3.44. The molecule has 1 saturated heterocycles. The SMILES string of the molecule is C[C@H]1CCCN(C(=O)c2cccc(CS(C)(=O)=O)c2)C1. The van der Waals surface area contributed by atoms with Crippen molar-refractivity contribution in [1.82, 2.24) is 4.90 Å². The van der Waals surface area contributed by atoms with Gasteiger partial charge in [0.15, 0.2) is 9.84 Å². The maximum absolute atomic E-state index is 12.4. The van der Waals surface area contributed by atoms with Gasteiger partial charge in [0.1, 0.15) is 0 Å². The summed E-state index contributed by atoms with van der Waals surface area (Å²) in [5.74, 6) is 0.517. The highest BCUT2D eigenvalue weighted by Gasteiger charge is 2.22. The van der Waals surface area contributed by atoms with Crippen LogP contribution in [0.4, 0.5) is 0 Å². The van der Waals surface area contributed by atoms with E-state index in [1.807, 2.05) is 4.90 Å². The highest BCUT2D eigenvalue weighted by atomic mass is 32.2. The normalized spacial score (nSPS) is 19.9. The molecule has 1 aliphatic rings. The van der Waals surface area contributed by atoms with Crippen LogP contribution in [0.3, 0.4) is 0 Å². The van der Waals surface area contributed by atoms with Crippen molar-refractivity contribution in [3.8, 4) is 0 Å². The Morgan fingerprint density at radius 2 is 2.15 bits per heavy atom. The van der Waals surface area contributed by atoms with Gasteiger partial charge < -0.3 is 4.90 Å². The molecular weight excluding hydrogens is 274 g/mol. The first-order valence-corrected chi connectivity index (χ1v) is 8.97. The summed E-state index contributed by atoms with van der Waals surface area (Å²) < 4.78 is 22.7. The van der Waals surface area contributed by atoms with E-state index in [2.05, 4.69) is 6.92 Å². The number of benzene rings is 1. The van der Waals surface area contributed by atoms with Crippen LogP contribution in [0.2, 0.25) is 0 Å². The molecule has 1 atom stereocenters. The summed E-state index contributed by atoms with van der Waals surface area (Å²) in [5.41, 5.74) is 1.25. The number of rotatable bonds is 3. The predicted octanol–water partition coefficient (Wildman–Crippen LogP) is 2.10. The number of carbonyl (C=O) groups excluding carboxylic acids is 1. The molecule has 1 heterocycles. The molecule has 2 rings (SSSR count). The number of piperidine rings is 1. The number of hydrogen-bond acceptors (Lipinski definition) is 3. The average Bonchev–Trinajstić information content (AvgIpc) is 2.36. The lowest BCUT2D eigenvalue weighted by molar-refractivity contribution is 0.0683. The summed E-state index contributed by atoms with van der Waals surface area (Å²) in [6.07, 6.45) is 3.40. The van der Waals surface area contributed by atoms with Crippen molar-refractivity contribution in [1.29, 1.82) is 0 Å². The van der Waals surface area contributed by atoms with Crippen LogP contribution in [0, 0.1) is 5.92 Å². The van der Waals surface area contributed by atoms with Crippen LogP contribution in [-0.2, 0) is 15.6 Å². The van der Waals surface area contributed by atoms with Gasteiger partial charge in [0.2, 0.25) is 0 Å². The molecule has 20 heavy (non-hydrogen) atoms. The summed E-state index contributed by atoms with van der Waals surface area (Å²) >= 11 is 0. The first-order valence-electron chi connectivity index (χ1n) is 6.91. The molecule has 0 radical (unpaired) electrons. The van der Waals surface area contributed by atoms with Crippen molar-refractivity contribution in [2.75, 3.05) is 19.3 Å². The zero-order valence-electron chi connectivity index (χ0n) is 12.0. The van der Waals surface area contributed by atoms with E-state index in [0.29, 0.717) is 17.0 Å². The summed E-state index contributed by atoms with van der Waals surface area (Å²) in [7, 11) is -3.08. The van der Waals surface area contributed by atoms with Crippen LogP contribution in [0.1, 0.15) is 35.7 Å². The van der Waals surface area contributed by atoms with Crippen molar-refractivity contribution in [3.63, 3.8) is 0 Å². The van der Waals surface area contributed by atoms with E-state index < -0.39 is 9.84 Å². The topological polar surface area (TPSA) is 54.5 Å². The van der Waals surface area contributed by atoms with Crippen LogP contribution < -0.4 is 0 Å². The standard InChI is InChI=1S/C15H21NO3S/c1-12-5-4-8-16(10-12)15(17)14-7-3-6-13(9-14)11-20(2,18)19/h3,6-7,9,12H,4-5,8,10-11H2,1-2H3/t12-/m0/s1. The number of hydrogen-bond donors (Lipinski definition) is 0. The van der Waals surface area contributed by atoms with Gasteiger partial charge in [-0.25, -0.2) is 8.42 Å². The minimum atomic E-state index is -3.08. The predicted molar refractivity (Wildman–Crippen MR) is 79.3 cm³/mol. The Hall–Kier alpha value is -1.36. The molecule has 5 heteroatoms. The number of likely N-dealkylation sites (tertiary alicyclic amines) is 1. The third-order valence-corrected chi connectivity index (χ3v) is 4.40. The zero-order chi connectivity index (χ0) is 14.8. The van der Waals surface area contributed by atoms with Crippen LogP contribution in [0.15, 0.2) is 24.3 Å². The van der Waals surface area contributed by atoms with E-state index in [-0.39, 0.29) is 11.7 Å². The van der Waals surface area contributed by atoms with E-state index in [4.69, 9.17) is 0 Å². The number of carbonyl (C=O) groups is 1. The van der Waals surface area contributed by atoms with E-state index in [1.165, 1.54) is 6.26 Å². The van der Waals surface area contributed by atoms with Crippen LogP contribution in [-0.4, -0.2) is 38.6 Å². The van der Waals surface area contributed by atoms with Gasteiger partial charge in [0.25, 0.3) is 5.91 Å². The minimum Gasteiger partial charge on any atom is -0.338 e. The summed E-state index contributed by atoms with van der Waals surface area (Å²) in [6.45, 7) is 3.73. The molecule has 0 aliphatic carbocycles. The molecular formula is C15H21NO3S. The van der Waals surface area contributed by atoms with E-state index in [9.17, 15) is 13.2 Å². The second-order valence-electron chi connectivity index (χ2n) is 5.77. The number of sulfone groups is 1. The molecule has 4 nitrogen and oxygen atoms in total. The maximum atomic E-state index is 12.4. The van der Waals surface area contributed by atoms with Gasteiger partial charge >= 0.3 is 0 Å². The van der Waals surface area contributed by atoms with Gasteiger partial charge in [-0.15, -0.1) is 0 Å². The van der Waals surface area contributed by atoms with Gasteiger partial charge in [-0.05, 0) is 36.5 Å². The van der Waals surface area contributed by atoms with Gasteiger partial charge in [0.05, 0.1) is 5.75 Å². The fourth-order valence-electron chi connectivity index (χ4n) is 2.65. The molecule has 1 amide bonds. The van der Waals surface area contributed by atoms with Crippen molar-refractivity contribution < 1.29 is 13.2 Å². The molecule has 0 N–H and O–H groups in total. The van der Waals surface area contributed by atoms with Crippen molar-refractivity contribution in [2.24, 2.45) is 5.92 Å². The molecule has 0 bridgehead atoms. The molecule has 1 aliphatic heterocycles. The maximum Gasteiger partial charge on any atom is 0.253 e. The van der Waals surface area contributed by atoms with E-state index >= 15 is 0 Å². The van der Waals surface area contributed by atoms with Crippen molar-refractivity contribution in [2.45, 2.75) is 25.5 Å². The molecule has 0 unspecified atom stereocenters. The fraction of sp³-hybridized carbons (Fsp3) is 0.533. The number of nitrogens with zero attached hydrogens (tertiary/aromatic N) is 1. The Balaban J connectivity index is 2.16. The summed E-state index contributed by atoms with van der Waals surface area (Å²) in [4.78, 5) is 14.3. The highest BCUT2D eigenvalue weighted by molar-refractivity contribution is 7.89. The van der Waals surface area contributed by atoms with Crippen molar-refractivity contribution >= 4 is 15.7 Å². The average molecular weight is 295 g/mol. The van der Waals surface area contributed by atoms with E-state index in [1.54, 1.807) is 24.3 Å². The Bertz CT molecular complexity index is 595. The van der Waals surface area contributed by atoms with Gasteiger partial charge in [-0.1, -0.05) is 19.1 Å². The van der Waals surface area contributed by atoms with Gasteiger partial charge in [-0.3, -0.25) is 4.79 Å².